The Bertz CT molecular complexity index is 474. The van der Waals surface area contributed by atoms with Gasteiger partial charge in [-0.15, -0.1) is 0 Å². The van der Waals surface area contributed by atoms with Gasteiger partial charge in [-0.1, -0.05) is 30.3 Å². The molecule has 0 fully saturated rings. The maximum absolute atomic E-state index is 13.2. The van der Waals surface area contributed by atoms with Crippen LogP contribution in [0.3, 0.4) is 0 Å². The number of nitrogen functional groups attached to an aromatic ring is 1. The lowest BCUT2D eigenvalue weighted by Crippen LogP contribution is -1.99. The molecule has 0 atom stereocenters. The lowest BCUT2D eigenvalue weighted by molar-refractivity contribution is 0.290. The van der Waals surface area contributed by atoms with E-state index in [1.165, 1.54) is 6.07 Å². The monoisotopic (exact) mass is 218 g/mol. The van der Waals surface area contributed by atoms with Crippen LogP contribution in [0.25, 0.3) is 0 Å². The Morgan fingerprint density at radius 1 is 1.25 bits per heavy atom. The molecule has 0 saturated heterocycles. The van der Waals surface area contributed by atoms with Gasteiger partial charge in [0.05, 0.1) is 6.20 Å². The van der Waals surface area contributed by atoms with Crippen LogP contribution >= 0.6 is 0 Å². The minimum absolute atomic E-state index is 0.122. The van der Waals surface area contributed by atoms with Crippen LogP contribution in [0.2, 0.25) is 0 Å². The molecule has 0 amide bonds. The summed E-state index contributed by atoms with van der Waals surface area (Å²) < 4.78 is 18.5. The quantitative estimate of drug-likeness (QED) is 0.860. The van der Waals surface area contributed by atoms with Crippen LogP contribution in [0.1, 0.15) is 5.56 Å². The van der Waals surface area contributed by atoms with E-state index >= 15 is 0 Å². The summed E-state index contributed by atoms with van der Waals surface area (Å²) >= 11 is 0. The van der Waals surface area contributed by atoms with Crippen molar-refractivity contribution in [1.82, 2.24) is 4.98 Å². The van der Waals surface area contributed by atoms with Crippen LogP contribution in [0.15, 0.2) is 42.6 Å². The first-order chi connectivity index (χ1) is 7.75. The standard InChI is InChI=1S/C12H11FN2O/c13-10-7-15-12(14)6-11(10)16-8-9-4-2-1-3-5-9/h1-7H,8H2,(H2,14,15). The number of hydrogen-bond acceptors (Lipinski definition) is 3. The van der Waals surface area contributed by atoms with Gasteiger partial charge >= 0.3 is 0 Å². The summed E-state index contributed by atoms with van der Waals surface area (Å²) in [7, 11) is 0. The molecule has 2 aromatic rings. The lowest BCUT2D eigenvalue weighted by Gasteiger charge is -2.07. The smallest absolute Gasteiger partial charge is 0.183 e. The van der Waals surface area contributed by atoms with Crippen molar-refractivity contribution in [2.24, 2.45) is 0 Å². The number of anilines is 1. The Morgan fingerprint density at radius 3 is 2.75 bits per heavy atom. The van der Waals surface area contributed by atoms with E-state index in [-0.39, 0.29) is 11.6 Å². The molecule has 0 spiro atoms. The Hall–Kier alpha value is -2.10. The zero-order chi connectivity index (χ0) is 11.4. The Labute approximate surface area is 92.7 Å². The fourth-order valence-electron chi connectivity index (χ4n) is 1.28. The highest BCUT2D eigenvalue weighted by Gasteiger charge is 2.04. The SMILES string of the molecule is Nc1cc(OCc2ccccc2)c(F)cn1. The first-order valence-corrected chi connectivity index (χ1v) is 4.83. The third-order valence-electron chi connectivity index (χ3n) is 2.08. The number of rotatable bonds is 3. The maximum atomic E-state index is 13.2. The molecule has 4 heteroatoms. The Morgan fingerprint density at radius 2 is 2.00 bits per heavy atom. The van der Waals surface area contributed by atoms with Crippen LogP contribution in [-0.4, -0.2) is 4.98 Å². The highest BCUT2D eigenvalue weighted by Crippen LogP contribution is 2.19. The number of pyridine rings is 1. The topological polar surface area (TPSA) is 48.1 Å². The molecule has 1 aromatic carbocycles. The van der Waals surface area contributed by atoms with Gasteiger partial charge in [0, 0.05) is 6.07 Å². The van der Waals surface area contributed by atoms with Gasteiger partial charge in [-0.05, 0) is 5.56 Å². The van der Waals surface area contributed by atoms with Crippen molar-refractivity contribution in [2.45, 2.75) is 6.61 Å². The lowest BCUT2D eigenvalue weighted by atomic mass is 10.2. The molecular formula is C12H11FN2O. The van der Waals surface area contributed by atoms with Crippen molar-refractivity contribution in [2.75, 3.05) is 5.73 Å². The molecule has 0 saturated carbocycles. The van der Waals surface area contributed by atoms with Gasteiger partial charge in [-0.2, -0.15) is 0 Å². The molecule has 1 heterocycles. The molecular weight excluding hydrogens is 207 g/mol. The molecule has 1 aromatic heterocycles. The van der Waals surface area contributed by atoms with Gasteiger partial charge < -0.3 is 10.5 Å². The maximum Gasteiger partial charge on any atom is 0.183 e. The minimum Gasteiger partial charge on any atom is -0.486 e. The summed E-state index contributed by atoms with van der Waals surface area (Å²) in [5.41, 5.74) is 6.41. The van der Waals surface area contributed by atoms with E-state index in [4.69, 9.17) is 10.5 Å². The number of nitrogens with zero attached hydrogens (tertiary/aromatic N) is 1. The number of hydrogen-bond donors (Lipinski definition) is 1. The fourth-order valence-corrected chi connectivity index (χ4v) is 1.28. The van der Waals surface area contributed by atoms with Crippen molar-refractivity contribution >= 4 is 5.82 Å². The molecule has 16 heavy (non-hydrogen) atoms. The summed E-state index contributed by atoms with van der Waals surface area (Å²) in [4.78, 5) is 3.62. The van der Waals surface area contributed by atoms with Crippen LogP contribution in [0, 0.1) is 5.82 Å². The normalized spacial score (nSPS) is 10.1. The Balaban J connectivity index is 2.08. The fraction of sp³-hybridized carbons (Fsp3) is 0.0833. The summed E-state index contributed by atoms with van der Waals surface area (Å²) in [6.45, 7) is 0.307. The van der Waals surface area contributed by atoms with Crippen molar-refractivity contribution in [3.05, 3.63) is 54.0 Å². The number of aromatic nitrogens is 1. The first-order valence-electron chi connectivity index (χ1n) is 4.83. The summed E-state index contributed by atoms with van der Waals surface area (Å²) in [5.74, 6) is -0.147. The van der Waals surface area contributed by atoms with Gasteiger partial charge in [-0.25, -0.2) is 9.37 Å². The molecule has 2 rings (SSSR count). The second kappa shape index (κ2) is 4.61. The molecule has 0 radical (unpaired) electrons. The van der Waals surface area contributed by atoms with E-state index in [0.29, 0.717) is 6.61 Å². The largest absolute Gasteiger partial charge is 0.486 e. The predicted octanol–water partition coefficient (Wildman–Crippen LogP) is 2.38. The van der Waals surface area contributed by atoms with E-state index in [9.17, 15) is 4.39 Å². The summed E-state index contributed by atoms with van der Waals surface area (Å²) in [5, 5.41) is 0. The zero-order valence-corrected chi connectivity index (χ0v) is 8.56. The van der Waals surface area contributed by atoms with Crippen molar-refractivity contribution in [3.8, 4) is 5.75 Å². The van der Waals surface area contributed by atoms with Gasteiger partial charge in [0.25, 0.3) is 0 Å². The Kier molecular flexibility index (Phi) is 3.00. The summed E-state index contributed by atoms with van der Waals surface area (Å²) in [6, 6.07) is 10.9. The van der Waals surface area contributed by atoms with E-state index in [1.807, 2.05) is 30.3 Å². The minimum atomic E-state index is -0.509. The number of ether oxygens (including phenoxy) is 1. The van der Waals surface area contributed by atoms with Crippen LogP contribution in [-0.2, 0) is 6.61 Å². The average molecular weight is 218 g/mol. The molecule has 2 N–H and O–H groups in total. The van der Waals surface area contributed by atoms with Crippen LogP contribution < -0.4 is 10.5 Å². The second-order valence-corrected chi connectivity index (χ2v) is 3.31. The van der Waals surface area contributed by atoms with E-state index < -0.39 is 5.82 Å². The zero-order valence-electron chi connectivity index (χ0n) is 8.56. The van der Waals surface area contributed by atoms with E-state index in [2.05, 4.69) is 4.98 Å². The van der Waals surface area contributed by atoms with Crippen molar-refractivity contribution < 1.29 is 9.13 Å². The molecule has 0 aliphatic heterocycles. The van der Waals surface area contributed by atoms with Gasteiger partial charge in [0.15, 0.2) is 11.6 Å². The first kappa shape index (κ1) is 10.4. The predicted molar refractivity (Wildman–Crippen MR) is 59.4 cm³/mol. The highest BCUT2D eigenvalue weighted by molar-refractivity contribution is 5.37. The molecule has 0 unspecified atom stereocenters. The molecule has 0 aliphatic carbocycles. The molecule has 3 nitrogen and oxygen atoms in total. The number of nitrogens with two attached hydrogens (primary N) is 1. The van der Waals surface area contributed by atoms with Crippen LogP contribution in [0.5, 0.6) is 5.75 Å². The third kappa shape index (κ3) is 2.48. The van der Waals surface area contributed by atoms with Crippen molar-refractivity contribution in [1.29, 1.82) is 0 Å². The second-order valence-electron chi connectivity index (χ2n) is 3.31. The number of benzene rings is 1. The van der Waals surface area contributed by atoms with Gasteiger partial charge in [0.2, 0.25) is 0 Å². The molecule has 0 aliphatic rings. The van der Waals surface area contributed by atoms with E-state index in [1.54, 1.807) is 0 Å². The van der Waals surface area contributed by atoms with Crippen molar-refractivity contribution in [3.63, 3.8) is 0 Å². The molecule has 82 valence electrons. The third-order valence-corrected chi connectivity index (χ3v) is 2.08. The van der Waals surface area contributed by atoms with Gasteiger partial charge in [-0.3, -0.25) is 0 Å². The molecule has 0 bridgehead atoms. The average Bonchev–Trinajstić information content (AvgIpc) is 2.32. The van der Waals surface area contributed by atoms with Crippen LogP contribution in [0.4, 0.5) is 10.2 Å². The van der Waals surface area contributed by atoms with Gasteiger partial charge in [0.1, 0.15) is 12.4 Å². The van der Waals surface area contributed by atoms with E-state index in [0.717, 1.165) is 11.8 Å². The number of halogens is 1. The highest BCUT2D eigenvalue weighted by atomic mass is 19.1. The summed E-state index contributed by atoms with van der Waals surface area (Å²) in [6.07, 6.45) is 1.05.